The molecule has 0 bridgehead atoms. The van der Waals surface area contributed by atoms with Crippen LogP contribution in [0.3, 0.4) is 0 Å². The molecular weight excluding hydrogens is 314 g/mol. The van der Waals surface area contributed by atoms with Gasteiger partial charge in [-0.05, 0) is 31.5 Å². The summed E-state index contributed by atoms with van der Waals surface area (Å²) in [6.07, 6.45) is 3.04. The molecule has 1 aliphatic rings. The van der Waals surface area contributed by atoms with Crippen molar-refractivity contribution in [2.75, 3.05) is 20.2 Å². The van der Waals surface area contributed by atoms with Crippen molar-refractivity contribution in [1.29, 1.82) is 0 Å². The van der Waals surface area contributed by atoms with Crippen molar-refractivity contribution < 1.29 is 9.53 Å². The first-order chi connectivity index (χ1) is 12.1. The Labute approximate surface area is 149 Å². The zero-order chi connectivity index (χ0) is 17.8. The van der Waals surface area contributed by atoms with Crippen LogP contribution in [0.1, 0.15) is 37.6 Å². The Balaban J connectivity index is 1.91. The third kappa shape index (κ3) is 3.71. The van der Waals surface area contributed by atoms with Crippen LogP contribution < -0.4 is 10.1 Å². The average Bonchev–Trinajstić information content (AvgIpc) is 3.10. The fourth-order valence-corrected chi connectivity index (χ4v) is 3.46. The zero-order valence-electron chi connectivity index (χ0n) is 15.2. The van der Waals surface area contributed by atoms with Gasteiger partial charge in [0.15, 0.2) is 0 Å². The molecule has 0 fully saturated rings. The number of methoxy groups -OCH3 is 1. The molecule has 0 aliphatic carbocycles. The third-order valence-corrected chi connectivity index (χ3v) is 4.94. The van der Waals surface area contributed by atoms with Crippen LogP contribution in [-0.2, 0) is 11.3 Å². The molecule has 1 aliphatic heterocycles. The summed E-state index contributed by atoms with van der Waals surface area (Å²) in [7, 11) is 1.70. The van der Waals surface area contributed by atoms with E-state index in [2.05, 4.69) is 46.1 Å². The molecule has 0 saturated carbocycles. The molecule has 0 radical (unpaired) electrons. The molecule has 5 heteroatoms. The number of hydrogen-bond acceptors (Lipinski definition) is 3. The van der Waals surface area contributed by atoms with Crippen molar-refractivity contribution in [2.45, 2.75) is 38.9 Å². The molecule has 2 aromatic rings. The highest BCUT2D eigenvalue weighted by Crippen LogP contribution is 2.36. The fourth-order valence-electron chi connectivity index (χ4n) is 3.46. The SMILES string of the molecule is CCC(C)NC(=O)CN1CCn2cccc2C1c1ccccc1OC. The van der Waals surface area contributed by atoms with Gasteiger partial charge in [-0.2, -0.15) is 0 Å². The van der Waals surface area contributed by atoms with Crippen molar-refractivity contribution >= 4 is 5.91 Å². The monoisotopic (exact) mass is 341 g/mol. The summed E-state index contributed by atoms with van der Waals surface area (Å²) in [4.78, 5) is 14.7. The second-order valence-corrected chi connectivity index (χ2v) is 6.62. The normalized spacial score (nSPS) is 18.4. The Kier molecular flexibility index (Phi) is 5.43. The number of para-hydroxylation sites is 1. The van der Waals surface area contributed by atoms with E-state index in [1.165, 1.54) is 5.69 Å². The van der Waals surface area contributed by atoms with Gasteiger partial charge in [0.1, 0.15) is 5.75 Å². The maximum atomic E-state index is 12.5. The van der Waals surface area contributed by atoms with Crippen LogP contribution in [0.5, 0.6) is 5.75 Å². The van der Waals surface area contributed by atoms with E-state index in [4.69, 9.17) is 4.74 Å². The van der Waals surface area contributed by atoms with E-state index in [-0.39, 0.29) is 18.0 Å². The molecule has 1 N–H and O–H groups in total. The number of aromatic nitrogens is 1. The lowest BCUT2D eigenvalue weighted by Crippen LogP contribution is -2.46. The van der Waals surface area contributed by atoms with Crippen LogP contribution in [0.2, 0.25) is 0 Å². The van der Waals surface area contributed by atoms with Gasteiger partial charge in [-0.1, -0.05) is 25.1 Å². The van der Waals surface area contributed by atoms with Crippen molar-refractivity contribution in [3.8, 4) is 5.75 Å². The van der Waals surface area contributed by atoms with E-state index in [1.54, 1.807) is 7.11 Å². The van der Waals surface area contributed by atoms with Gasteiger partial charge in [-0.15, -0.1) is 0 Å². The van der Waals surface area contributed by atoms with E-state index < -0.39 is 0 Å². The van der Waals surface area contributed by atoms with Gasteiger partial charge >= 0.3 is 0 Å². The van der Waals surface area contributed by atoms with Gasteiger partial charge in [0.2, 0.25) is 5.91 Å². The fraction of sp³-hybridized carbons (Fsp3) is 0.450. The van der Waals surface area contributed by atoms with E-state index in [9.17, 15) is 4.79 Å². The summed E-state index contributed by atoms with van der Waals surface area (Å²) in [6.45, 7) is 6.23. The molecule has 5 nitrogen and oxygen atoms in total. The molecule has 3 rings (SSSR count). The third-order valence-electron chi connectivity index (χ3n) is 4.94. The summed E-state index contributed by atoms with van der Waals surface area (Å²) in [5, 5.41) is 3.08. The minimum Gasteiger partial charge on any atom is -0.496 e. The number of carbonyl (C=O) groups is 1. The van der Waals surface area contributed by atoms with E-state index in [0.29, 0.717) is 6.54 Å². The minimum atomic E-state index is 0.0163. The molecule has 0 spiro atoms. The second-order valence-electron chi connectivity index (χ2n) is 6.62. The van der Waals surface area contributed by atoms with Crippen molar-refractivity contribution in [2.24, 2.45) is 0 Å². The van der Waals surface area contributed by atoms with Crippen LogP contribution in [0.4, 0.5) is 0 Å². The lowest BCUT2D eigenvalue weighted by Gasteiger charge is -2.37. The summed E-state index contributed by atoms with van der Waals surface area (Å²) in [6, 6.07) is 12.5. The van der Waals surface area contributed by atoms with Crippen LogP contribution in [0.15, 0.2) is 42.6 Å². The molecular formula is C20H27N3O2. The Morgan fingerprint density at radius 1 is 1.28 bits per heavy atom. The topological polar surface area (TPSA) is 46.5 Å². The van der Waals surface area contributed by atoms with Gasteiger partial charge in [0.25, 0.3) is 0 Å². The van der Waals surface area contributed by atoms with Crippen LogP contribution in [0, 0.1) is 0 Å². The molecule has 2 unspecified atom stereocenters. The first kappa shape index (κ1) is 17.5. The minimum absolute atomic E-state index is 0.0163. The van der Waals surface area contributed by atoms with Gasteiger partial charge in [-0.25, -0.2) is 0 Å². The number of hydrogen-bond donors (Lipinski definition) is 1. The second kappa shape index (κ2) is 7.74. The summed E-state index contributed by atoms with van der Waals surface area (Å²) in [5.41, 5.74) is 2.30. The highest BCUT2D eigenvalue weighted by molar-refractivity contribution is 5.78. The molecule has 1 amide bonds. The van der Waals surface area contributed by atoms with Gasteiger partial charge in [0.05, 0.1) is 19.7 Å². The Bertz CT molecular complexity index is 725. The standard InChI is InChI=1S/C20H27N3O2/c1-4-15(2)21-19(24)14-23-13-12-22-11-7-9-17(22)20(23)16-8-5-6-10-18(16)25-3/h5-11,15,20H,4,12-14H2,1-3H3,(H,21,24). The zero-order valence-corrected chi connectivity index (χ0v) is 15.2. The Morgan fingerprint density at radius 2 is 2.08 bits per heavy atom. The number of fused-ring (bicyclic) bond motifs is 1. The quantitative estimate of drug-likeness (QED) is 0.879. The van der Waals surface area contributed by atoms with E-state index in [0.717, 1.165) is 30.8 Å². The number of nitrogens with one attached hydrogen (secondary N) is 1. The average molecular weight is 341 g/mol. The molecule has 0 saturated heterocycles. The Morgan fingerprint density at radius 3 is 2.84 bits per heavy atom. The maximum absolute atomic E-state index is 12.5. The van der Waals surface area contributed by atoms with E-state index in [1.807, 2.05) is 25.1 Å². The Hall–Kier alpha value is -2.27. The maximum Gasteiger partial charge on any atom is 0.234 e. The number of rotatable bonds is 6. The molecule has 1 aromatic carbocycles. The smallest absolute Gasteiger partial charge is 0.234 e. The number of ether oxygens (including phenoxy) is 1. The van der Waals surface area contributed by atoms with Gasteiger partial charge < -0.3 is 14.6 Å². The van der Waals surface area contributed by atoms with Gasteiger partial charge in [-0.3, -0.25) is 9.69 Å². The summed E-state index contributed by atoms with van der Waals surface area (Å²) in [5.74, 6) is 0.934. The van der Waals surface area contributed by atoms with E-state index >= 15 is 0 Å². The van der Waals surface area contributed by atoms with Crippen LogP contribution in [0.25, 0.3) is 0 Å². The summed E-state index contributed by atoms with van der Waals surface area (Å²) < 4.78 is 7.85. The number of benzene rings is 1. The van der Waals surface area contributed by atoms with Crippen molar-refractivity contribution in [3.63, 3.8) is 0 Å². The van der Waals surface area contributed by atoms with Crippen molar-refractivity contribution in [3.05, 3.63) is 53.9 Å². The number of carbonyl (C=O) groups excluding carboxylic acids is 1. The van der Waals surface area contributed by atoms with Crippen molar-refractivity contribution in [1.82, 2.24) is 14.8 Å². The van der Waals surface area contributed by atoms with Crippen LogP contribution >= 0.6 is 0 Å². The molecule has 1 aromatic heterocycles. The molecule has 2 heterocycles. The predicted octanol–water partition coefficient (Wildman–Crippen LogP) is 2.82. The summed E-state index contributed by atoms with van der Waals surface area (Å²) >= 11 is 0. The molecule has 134 valence electrons. The molecule has 25 heavy (non-hydrogen) atoms. The van der Waals surface area contributed by atoms with Gasteiger partial charge in [0, 0.05) is 36.6 Å². The molecule has 2 atom stereocenters. The predicted molar refractivity (Wildman–Crippen MR) is 98.7 cm³/mol. The first-order valence-electron chi connectivity index (χ1n) is 8.95. The highest BCUT2D eigenvalue weighted by atomic mass is 16.5. The number of amides is 1. The highest BCUT2D eigenvalue weighted by Gasteiger charge is 2.31. The lowest BCUT2D eigenvalue weighted by atomic mass is 9.99. The first-order valence-corrected chi connectivity index (χ1v) is 8.95. The largest absolute Gasteiger partial charge is 0.496 e. The lowest BCUT2D eigenvalue weighted by molar-refractivity contribution is -0.123. The number of nitrogens with zero attached hydrogens (tertiary/aromatic N) is 2. The van der Waals surface area contributed by atoms with Crippen LogP contribution in [-0.4, -0.2) is 41.6 Å².